The molecule has 20 heteroatoms. The van der Waals surface area contributed by atoms with Crippen LogP contribution in [0.4, 0.5) is 68.3 Å². The number of anilines is 5. The Kier molecular flexibility index (Phi) is 16.2. The molecular weight excluding hydrogens is 1120 g/mol. The summed E-state index contributed by atoms with van der Waals surface area (Å²) in [5.74, 6) is -0.360. The SMILES string of the molecule is Cc1ccc(F)c(-c2nc3cccc(C(F)(F)F)n3c2Nc2c(C)cccc2C)c1.Cc1ccc(F)c(-c2nc3cccc(C(F)(F)F)n3c2Nc2c(C)cccc2Cl)c1.Cc1ccc(F)c(-c2nc3scc(C)n3c2NC2CCCC2)c1. The second-order valence-electron chi connectivity index (χ2n) is 20.7. The summed E-state index contributed by atoms with van der Waals surface area (Å²) in [6.07, 6.45) is -4.39. The second kappa shape index (κ2) is 23.2. The van der Waals surface area contributed by atoms with Crippen LogP contribution < -0.4 is 16.0 Å². The van der Waals surface area contributed by atoms with Crippen LogP contribution >= 0.6 is 22.9 Å². The summed E-state index contributed by atoms with van der Waals surface area (Å²) in [4.78, 5) is 14.3. The molecule has 0 unspecified atom stereocenters. The summed E-state index contributed by atoms with van der Waals surface area (Å²) >= 11 is 7.89. The number of rotatable bonds is 9. The van der Waals surface area contributed by atoms with Gasteiger partial charge in [-0.2, -0.15) is 26.3 Å². The maximum atomic E-state index is 14.7. The Morgan fingerprint density at radius 3 is 1.35 bits per heavy atom. The molecule has 1 fully saturated rings. The summed E-state index contributed by atoms with van der Waals surface area (Å²) in [7, 11) is 0. The van der Waals surface area contributed by atoms with E-state index >= 15 is 0 Å². The molecule has 1 saturated carbocycles. The van der Waals surface area contributed by atoms with Crippen LogP contribution in [0.25, 0.3) is 50.0 Å². The number of aromatic nitrogens is 6. The molecule has 12 rings (SSSR count). The lowest BCUT2D eigenvalue weighted by atomic mass is 10.1. The van der Waals surface area contributed by atoms with Crippen molar-refractivity contribution in [1.29, 1.82) is 0 Å². The molecule has 6 heterocycles. The van der Waals surface area contributed by atoms with E-state index in [9.17, 15) is 39.5 Å². The molecule has 428 valence electrons. The fraction of sp³-hybridized carbons (Fsp3) is 0.222. The number of halogens is 10. The van der Waals surface area contributed by atoms with E-state index in [-0.39, 0.29) is 51.3 Å². The largest absolute Gasteiger partial charge is 0.431 e. The molecule has 0 amide bonds. The van der Waals surface area contributed by atoms with Gasteiger partial charge in [0.25, 0.3) is 0 Å². The number of aryl methyl sites for hydroxylation is 7. The van der Waals surface area contributed by atoms with Crippen LogP contribution in [0.3, 0.4) is 0 Å². The highest BCUT2D eigenvalue weighted by atomic mass is 35.5. The minimum absolute atomic E-state index is 0.0152. The van der Waals surface area contributed by atoms with E-state index in [0.717, 1.165) is 76.5 Å². The van der Waals surface area contributed by atoms with Gasteiger partial charge in [-0.3, -0.25) is 13.2 Å². The molecule has 0 atom stereocenters. The van der Waals surface area contributed by atoms with Crippen molar-refractivity contribution in [3.63, 3.8) is 0 Å². The quantitative estimate of drug-likeness (QED) is 0.125. The zero-order valence-electron chi connectivity index (χ0n) is 46.0. The van der Waals surface area contributed by atoms with Crippen molar-refractivity contribution >= 4 is 68.0 Å². The van der Waals surface area contributed by atoms with E-state index in [4.69, 9.17) is 16.6 Å². The van der Waals surface area contributed by atoms with Gasteiger partial charge in [-0.1, -0.05) is 102 Å². The van der Waals surface area contributed by atoms with Crippen molar-refractivity contribution in [2.24, 2.45) is 0 Å². The topological polar surface area (TPSA) is 88.0 Å². The van der Waals surface area contributed by atoms with E-state index in [1.54, 1.807) is 80.6 Å². The van der Waals surface area contributed by atoms with Crippen molar-refractivity contribution in [3.8, 4) is 33.8 Å². The van der Waals surface area contributed by atoms with Crippen molar-refractivity contribution in [1.82, 2.24) is 28.2 Å². The van der Waals surface area contributed by atoms with Gasteiger partial charge in [0.1, 0.15) is 74.7 Å². The Bertz CT molecular complexity index is 3990. The lowest BCUT2D eigenvalue weighted by Crippen LogP contribution is -2.16. The zero-order valence-corrected chi connectivity index (χ0v) is 47.6. The first-order valence-electron chi connectivity index (χ1n) is 26.5. The average molecular weight is 1180 g/mol. The molecule has 6 aromatic heterocycles. The van der Waals surface area contributed by atoms with Crippen LogP contribution in [0.2, 0.25) is 5.02 Å². The molecular formula is C63H55ClF9N9S. The summed E-state index contributed by atoms with van der Waals surface area (Å²) in [6.45, 7) is 13.1. The molecule has 3 N–H and O–H groups in total. The number of benzene rings is 5. The minimum Gasteiger partial charge on any atom is -0.367 e. The number of fused-ring (bicyclic) bond motifs is 3. The lowest BCUT2D eigenvalue weighted by Gasteiger charge is -2.17. The first kappa shape index (κ1) is 57.9. The Morgan fingerprint density at radius 2 is 0.904 bits per heavy atom. The first-order valence-corrected chi connectivity index (χ1v) is 27.8. The third kappa shape index (κ3) is 11.9. The third-order valence-corrected chi connectivity index (χ3v) is 15.7. The molecule has 11 aromatic rings. The molecule has 9 nitrogen and oxygen atoms in total. The zero-order chi connectivity index (χ0) is 59.2. The highest BCUT2D eigenvalue weighted by Gasteiger charge is 2.37. The summed E-state index contributed by atoms with van der Waals surface area (Å²) in [5.41, 5.74) is 7.24. The van der Waals surface area contributed by atoms with Crippen LogP contribution in [0, 0.1) is 65.9 Å². The smallest absolute Gasteiger partial charge is 0.367 e. The van der Waals surface area contributed by atoms with Gasteiger partial charge < -0.3 is 16.0 Å². The molecule has 5 aromatic carbocycles. The number of imidazole rings is 3. The van der Waals surface area contributed by atoms with Crippen LogP contribution in [-0.2, 0) is 12.4 Å². The molecule has 0 bridgehead atoms. The molecule has 83 heavy (non-hydrogen) atoms. The van der Waals surface area contributed by atoms with Crippen LogP contribution in [0.5, 0.6) is 0 Å². The predicted molar refractivity (Wildman–Crippen MR) is 313 cm³/mol. The highest BCUT2D eigenvalue weighted by molar-refractivity contribution is 7.15. The van der Waals surface area contributed by atoms with Gasteiger partial charge in [-0.15, -0.1) is 11.3 Å². The molecule has 1 aliphatic carbocycles. The minimum atomic E-state index is -4.64. The number of hydrogen-bond acceptors (Lipinski definition) is 7. The number of hydrogen-bond donors (Lipinski definition) is 3. The summed E-state index contributed by atoms with van der Waals surface area (Å²) in [5, 5.41) is 12.2. The van der Waals surface area contributed by atoms with E-state index in [1.807, 2.05) is 45.0 Å². The third-order valence-electron chi connectivity index (χ3n) is 14.4. The molecule has 1 aliphatic rings. The van der Waals surface area contributed by atoms with Crippen LogP contribution in [0.1, 0.15) is 76.1 Å². The Balaban J connectivity index is 0.000000140. The standard InChI is InChI=1S/C23H19F4N3.C22H16ClF4N3.C18H20FN3S/c1-13-10-11-17(24)16(12-13)21-22(29-20-14(2)6-4-7-15(20)3)30-18(23(25,26)27)8-5-9-19(30)28-21;1-12-9-10-16(24)14(11-12)20-21(29-19-13(2)5-3-6-15(19)23)30-17(22(25,26)27)7-4-8-18(30)28-20;1-11-7-8-15(19)14(9-11)16-17(20-13-5-3-4-6-13)22-12(2)10-23-18(22)21-16/h4-12,29H,1-3H3;3-11,29H,1-2H3;7-10,13,20H,3-6H2,1-2H3. The number of nitrogens with one attached hydrogen (secondary N) is 3. The van der Waals surface area contributed by atoms with Crippen molar-refractivity contribution in [2.75, 3.05) is 16.0 Å². The van der Waals surface area contributed by atoms with Gasteiger partial charge in [0.2, 0.25) is 0 Å². The maximum Gasteiger partial charge on any atom is 0.431 e. The maximum absolute atomic E-state index is 14.7. The number of nitrogens with zero attached hydrogens (tertiary/aromatic N) is 6. The monoisotopic (exact) mass is 1180 g/mol. The van der Waals surface area contributed by atoms with Crippen molar-refractivity contribution in [3.05, 3.63) is 206 Å². The highest BCUT2D eigenvalue weighted by Crippen LogP contribution is 2.43. The fourth-order valence-electron chi connectivity index (χ4n) is 10.3. The summed E-state index contributed by atoms with van der Waals surface area (Å²) in [6, 6.07) is 32.7. The Morgan fingerprint density at radius 1 is 0.494 bits per heavy atom. The van der Waals surface area contributed by atoms with Gasteiger partial charge in [0.05, 0.1) is 10.7 Å². The van der Waals surface area contributed by atoms with Gasteiger partial charge in [0.15, 0.2) is 4.96 Å². The van der Waals surface area contributed by atoms with Gasteiger partial charge >= 0.3 is 12.4 Å². The van der Waals surface area contributed by atoms with Gasteiger partial charge in [-0.25, -0.2) is 28.1 Å². The summed E-state index contributed by atoms with van der Waals surface area (Å²) < 4.78 is 131. The first-order chi connectivity index (χ1) is 39.5. The van der Waals surface area contributed by atoms with Crippen LogP contribution in [-0.4, -0.2) is 34.2 Å². The number of para-hydroxylation sites is 2. The Labute approximate surface area is 481 Å². The lowest BCUT2D eigenvalue weighted by molar-refractivity contribution is -0.142. The molecule has 0 spiro atoms. The van der Waals surface area contributed by atoms with Crippen molar-refractivity contribution in [2.45, 2.75) is 92.5 Å². The normalized spacial score (nSPS) is 12.9. The number of pyridine rings is 2. The van der Waals surface area contributed by atoms with Gasteiger partial charge in [0, 0.05) is 39.5 Å². The number of alkyl halides is 6. The molecule has 0 saturated heterocycles. The molecule has 0 radical (unpaired) electrons. The van der Waals surface area contributed by atoms with E-state index in [0.29, 0.717) is 28.0 Å². The van der Waals surface area contributed by atoms with Crippen LogP contribution in [0.15, 0.2) is 133 Å². The fourth-order valence-corrected chi connectivity index (χ4v) is 11.5. The van der Waals surface area contributed by atoms with E-state index in [2.05, 4.69) is 42.6 Å². The second-order valence-corrected chi connectivity index (χ2v) is 21.9. The van der Waals surface area contributed by atoms with E-state index in [1.165, 1.54) is 68.1 Å². The van der Waals surface area contributed by atoms with Crippen molar-refractivity contribution < 1.29 is 39.5 Å². The van der Waals surface area contributed by atoms with E-state index < -0.39 is 35.4 Å². The predicted octanol–water partition coefficient (Wildman–Crippen LogP) is 19.2. The Hall–Kier alpha value is -8.29. The molecule has 0 aliphatic heterocycles. The van der Waals surface area contributed by atoms with Gasteiger partial charge in [-0.05, 0) is 145 Å². The number of thiazole rings is 1. The average Bonchev–Trinajstić information content (AvgIpc) is 3.13.